The van der Waals surface area contributed by atoms with Crippen molar-refractivity contribution < 1.29 is 24.0 Å². The van der Waals surface area contributed by atoms with Crippen molar-refractivity contribution in [3.63, 3.8) is 0 Å². The zero-order valence-electron chi connectivity index (χ0n) is 15.9. The van der Waals surface area contributed by atoms with Crippen molar-refractivity contribution >= 4 is 23.2 Å². The zero-order chi connectivity index (χ0) is 20.8. The molecule has 0 unspecified atom stereocenters. The number of benzene rings is 2. The number of carbonyl (C=O) groups is 2. The summed E-state index contributed by atoms with van der Waals surface area (Å²) >= 11 is 0. The standard InChI is InChI=1S/C20H21N3O6/c1-14(29-16-8-6-15(7-9-16)23(26)27)19(24)21-18-5-3-2-4-17(18)20(25)22-10-12-28-13-11-22/h2-9,14H,10-13H2,1H3,(H,21,24)/t14-/m0/s1. The maximum Gasteiger partial charge on any atom is 0.269 e. The van der Waals surface area contributed by atoms with Crippen molar-refractivity contribution in [2.24, 2.45) is 0 Å². The van der Waals surface area contributed by atoms with Crippen LogP contribution in [0.5, 0.6) is 5.75 Å². The molecule has 3 rings (SSSR count). The van der Waals surface area contributed by atoms with Crippen LogP contribution in [0.1, 0.15) is 17.3 Å². The molecule has 2 aromatic rings. The van der Waals surface area contributed by atoms with E-state index < -0.39 is 16.9 Å². The summed E-state index contributed by atoms with van der Waals surface area (Å²) in [4.78, 5) is 37.2. The van der Waals surface area contributed by atoms with Crippen LogP contribution in [0.2, 0.25) is 0 Å². The quantitative estimate of drug-likeness (QED) is 0.590. The summed E-state index contributed by atoms with van der Waals surface area (Å²) in [5.41, 5.74) is 0.725. The van der Waals surface area contributed by atoms with Crippen LogP contribution in [0, 0.1) is 10.1 Å². The highest BCUT2D eigenvalue weighted by Crippen LogP contribution is 2.21. The lowest BCUT2D eigenvalue weighted by atomic mass is 10.1. The number of hydrogen-bond acceptors (Lipinski definition) is 6. The molecular formula is C20H21N3O6. The topological polar surface area (TPSA) is 111 Å². The number of para-hydroxylation sites is 1. The lowest BCUT2D eigenvalue weighted by molar-refractivity contribution is -0.384. The number of carbonyl (C=O) groups excluding carboxylic acids is 2. The number of ether oxygens (including phenoxy) is 2. The summed E-state index contributed by atoms with van der Waals surface area (Å²) in [7, 11) is 0. The predicted octanol–water partition coefficient (Wildman–Crippen LogP) is 2.47. The molecule has 0 bridgehead atoms. The molecule has 0 aliphatic carbocycles. The Kier molecular flexibility index (Phi) is 6.40. The van der Waals surface area contributed by atoms with Crippen LogP contribution in [0.3, 0.4) is 0 Å². The normalized spacial score (nSPS) is 14.7. The Bertz CT molecular complexity index is 893. The van der Waals surface area contributed by atoms with E-state index in [1.54, 1.807) is 36.1 Å². The summed E-state index contributed by atoms with van der Waals surface area (Å²) in [6, 6.07) is 12.2. The van der Waals surface area contributed by atoms with Crippen molar-refractivity contribution in [1.29, 1.82) is 0 Å². The lowest BCUT2D eigenvalue weighted by Gasteiger charge is -2.27. The number of rotatable bonds is 6. The maximum atomic E-state index is 12.8. The van der Waals surface area contributed by atoms with Gasteiger partial charge in [-0.15, -0.1) is 0 Å². The average molecular weight is 399 g/mol. The Morgan fingerprint density at radius 2 is 1.79 bits per heavy atom. The van der Waals surface area contributed by atoms with Crippen LogP contribution in [0.25, 0.3) is 0 Å². The van der Waals surface area contributed by atoms with Gasteiger partial charge in [-0.3, -0.25) is 19.7 Å². The highest BCUT2D eigenvalue weighted by Gasteiger charge is 2.23. The van der Waals surface area contributed by atoms with E-state index >= 15 is 0 Å². The van der Waals surface area contributed by atoms with E-state index in [1.165, 1.54) is 24.3 Å². The number of non-ortho nitro benzene ring substituents is 1. The first-order chi connectivity index (χ1) is 14.0. The van der Waals surface area contributed by atoms with Crippen LogP contribution >= 0.6 is 0 Å². The molecule has 1 saturated heterocycles. The molecular weight excluding hydrogens is 378 g/mol. The van der Waals surface area contributed by atoms with Gasteiger partial charge in [0.2, 0.25) is 0 Å². The molecule has 0 saturated carbocycles. The zero-order valence-corrected chi connectivity index (χ0v) is 15.9. The minimum absolute atomic E-state index is 0.0648. The average Bonchev–Trinajstić information content (AvgIpc) is 2.74. The fourth-order valence-corrected chi connectivity index (χ4v) is 2.85. The van der Waals surface area contributed by atoms with Crippen molar-refractivity contribution in [2.75, 3.05) is 31.6 Å². The number of hydrogen-bond donors (Lipinski definition) is 1. The smallest absolute Gasteiger partial charge is 0.269 e. The van der Waals surface area contributed by atoms with E-state index in [-0.39, 0.29) is 11.6 Å². The number of nitro groups is 1. The number of anilines is 1. The molecule has 1 heterocycles. The number of amides is 2. The molecule has 2 aromatic carbocycles. The van der Waals surface area contributed by atoms with E-state index in [0.29, 0.717) is 43.3 Å². The van der Waals surface area contributed by atoms with Crippen molar-refractivity contribution in [3.05, 3.63) is 64.2 Å². The molecule has 0 radical (unpaired) electrons. The molecule has 1 aliphatic rings. The van der Waals surface area contributed by atoms with E-state index in [4.69, 9.17) is 9.47 Å². The molecule has 152 valence electrons. The van der Waals surface area contributed by atoms with E-state index in [2.05, 4.69) is 5.32 Å². The highest BCUT2D eigenvalue weighted by molar-refractivity contribution is 6.04. The van der Waals surface area contributed by atoms with Gasteiger partial charge in [-0.2, -0.15) is 0 Å². The molecule has 1 aliphatic heterocycles. The van der Waals surface area contributed by atoms with Crippen molar-refractivity contribution in [3.8, 4) is 5.75 Å². The summed E-state index contributed by atoms with van der Waals surface area (Å²) in [5.74, 6) is -0.283. The summed E-state index contributed by atoms with van der Waals surface area (Å²) in [6.45, 7) is 3.53. The van der Waals surface area contributed by atoms with Gasteiger partial charge >= 0.3 is 0 Å². The maximum absolute atomic E-state index is 12.8. The Hall–Kier alpha value is -3.46. The monoisotopic (exact) mass is 399 g/mol. The van der Waals surface area contributed by atoms with Gasteiger partial charge in [-0.05, 0) is 31.2 Å². The third-order valence-electron chi connectivity index (χ3n) is 4.44. The van der Waals surface area contributed by atoms with E-state index in [0.717, 1.165) is 0 Å². The predicted molar refractivity (Wildman–Crippen MR) is 105 cm³/mol. The first-order valence-corrected chi connectivity index (χ1v) is 9.13. The Balaban J connectivity index is 1.66. The SMILES string of the molecule is C[C@H](Oc1ccc([N+](=O)[O-])cc1)C(=O)Nc1ccccc1C(=O)N1CCOCC1. The van der Waals surface area contributed by atoms with Gasteiger partial charge in [0.1, 0.15) is 5.75 Å². The number of nitrogens with zero attached hydrogens (tertiary/aromatic N) is 2. The third-order valence-corrected chi connectivity index (χ3v) is 4.44. The lowest BCUT2D eigenvalue weighted by Crippen LogP contribution is -2.41. The largest absolute Gasteiger partial charge is 0.481 e. The van der Waals surface area contributed by atoms with Gasteiger partial charge in [0.05, 0.1) is 29.4 Å². The van der Waals surface area contributed by atoms with Gasteiger partial charge in [0, 0.05) is 25.2 Å². The molecule has 9 heteroatoms. The molecule has 0 aromatic heterocycles. The van der Waals surface area contributed by atoms with Gasteiger partial charge in [-0.25, -0.2) is 0 Å². The van der Waals surface area contributed by atoms with Gasteiger partial charge in [0.15, 0.2) is 6.10 Å². The van der Waals surface area contributed by atoms with Gasteiger partial charge in [-0.1, -0.05) is 12.1 Å². The van der Waals surface area contributed by atoms with Crippen LogP contribution in [0.4, 0.5) is 11.4 Å². The second kappa shape index (κ2) is 9.16. The summed E-state index contributed by atoms with van der Waals surface area (Å²) in [6.07, 6.45) is -0.872. The molecule has 1 N–H and O–H groups in total. The highest BCUT2D eigenvalue weighted by atomic mass is 16.6. The van der Waals surface area contributed by atoms with Crippen LogP contribution in [-0.2, 0) is 9.53 Å². The Morgan fingerprint density at radius 1 is 1.14 bits per heavy atom. The number of nitro benzene ring substituents is 1. The van der Waals surface area contributed by atoms with Crippen LogP contribution < -0.4 is 10.1 Å². The number of morpholine rings is 1. The van der Waals surface area contributed by atoms with Crippen molar-refractivity contribution in [2.45, 2.75) is 13.0 Å². The fraction of sp³-hybridized carbons (Fsp3) is 0.300. The van der Waals surface area contributed by atoms with Gasteiger partial charge < -0.3 is 19.7 Å². The number of nitrogens with one attached hydrogen (secondary N) is 1. The minimum Gasteiger partial charge on any atom is -0.481 e. The molecule has 1 atom stereocenters. The third kappa shape index (κ3) is 5.08. The fourth-order valence-electron chi connectivity index (χ4n) is 2.85. The molecule has 29 heavy (non-hydrogen) atoms. The van der Waals surface area contributed by atoms with E-state index in [1.807, 2.05) is 0 Å². The molecule has 0 spiro atoms. The second-order valence-electron chi connectivity index (χ2n) is 6.45. The molecule has 2 amide bonds. The van der Waals surface area contributed by atoms with Crippen molar-refractivity contribution in [1.82, 2.24) is 4.90 Å². The Labute approximate surface area is 167 Å². The first kappa shape index (κ1) is 20.3. The Morgan fingerprint density at radius 3 is 2.45 bits per heavy atom. The summed E-state index contributed by atoms with van der Waals surface area (Å²) in [5, 5.41) is 13.4. The molecule has 9 nitrogen and oxygen atoms in total. The first-order valence-electron chi connectivity index (χ1n) is 9.13. The van der Waals surface area contributed by atoms with Crippen LogP contribution in [-0.4, -0.2) is 54.0 Å². The van der Waals surface area contributed by atoms with Crippen LogP contribution in [0.15, 0.2) is 48.5 Å². The summed E-state index contributed by atoms with van der Waals surface area (Å²) < 4.78 is 10.8. The molecule has 1 fully saturated rings. The second-order valence-corrected chi connectivity index (χ2v) is 6.45. The van der Waals surface area contributed by atoms with Gasteiger partial charge in [0.25, 0.3) is 17.5 Å². The minimum atomic E-state index is -0.872. The van der Waals surface area contributed by atoms with E-state index in [9.17, 15) is 19.7 Å².